The number of ether oxygens (including phenoxy) is 1. The van der Waals surface area contributed by atoms with Crippen molar-refractivity contribution >= 4 is 16.7 Å². The van der Waals surface area contributed by atoms with Crippen molar-refractivity contribution in [1.29, 1.82) is 0 Å². The van der Waals surface area contributed by atoms with Crippen LogP contribution in [-0.2, 0) is 11.3 Å². The Hall–Kier alpha value is -1.65. The van der Waals surface area contributed by atoms with Gasteiger partial charge in [-0.05, 0) is 31.0 Å². The Balaban J connectivity index is 1.80. The number of aromatic nitrogens is 1. The molecule has 4 heteroatoms. The van der Waals surface area contributed by atoms with Gasteiger partial charge in [0.05, 0.1) is 12.1 Å². The molecule has 1 aliphatic rings. The highest BCUT2D eigenvalue weighted by Gasteiger charge is 2.23. The van der Waals surface area contributed by atoms with Crippen molar-refractivity contribution in [3.63, 3.8) is 0 Å². The van der Waals surface area contributed by atoms with Gasteiger partial charge < -0.3 is 10.1 Å². The molecule has 3 rings (SSSR count). The van der Waals surface area contributed by atoms with Crippen LogP contribution in [0.5, 0.6) is 0 Å². The zero-order valence-electron chi connectivity index (χ0n) is 12.8. The lowest BCUT2D eigenvalue weighted by Crippen LogP contribution is -2.22. The zero-order valence-corrected chi connectivity index (χ0v) is 12.8. The summed E-state index contributed by atoms with van der Waals surface area (Å²) in [5.41, 5.74) is 2.32. The molecule has 1 aliphatic heterocycles. The molecule has 1 fully saturated rings. The van der Waals surface area contributed by atoms with E-state index in [1.165, 1.54) is 17.4 Å². The topological polar surface area (TPSA) is 37.4 Å². The normalized spacial score (nSPS) is 19.2. The molecule has 4 nitrogen and oxygen atoms in total. The first-order valence-electron chi connectivity index (χ1n) is 7.58. The molecule has 1 atom stereocenters. The number of likely N-dealkylation sites (tertiary alicyclic amines) is 1. The van der Waals surface area contributed by atoms with Gasteiger partial charge in [-0.15, -0.1) is 0 Å². The van der Waals surface area contributed by atoms with Crippen molar-refractivity contribution in [3.8, 4) is 0 Å². The summed E-state index contributed by atoms with van der Waals surface area (Å²) in [5.74, 6) is 1.66. The number of nitrogens with zero attached hydrogens (tertiary/aromatic N) is 2. The van der Waals surface area contributed by atoms with Crippen LogP contribution in [0.4, 0.5) is 5.82 Å². The van der Waals surface area contributed by atoms with Gasteiger partial charge in [0.2, 0.25) is 0 Å². The van der Waals surface area contributed by atoms with Crippen LogP contribution in [0.15, 0.2) is 30.3 Å². The molecular weight excluding hydrogens is 262 g/mol. The number of anilines is 1. The highest BCUT2D eigenvalue weighted by Crippen LogP contribution is 2.24. The fraction of sp³-hybridized carbons (Fsp3) is 0.471. The van der Waals surface area contributed by atoms with E-state index < -0.39 is 0 Å². The first kappa shape index (κ1) is 14.3. The Labute approximate surface area is 126 Å². The Kier molecular flexibility index (Phi) is 4.36. The number of nitrogens with one attached hydrogen (secondary N) is 1. The maximum Gasteiger partial charge on any atom is 0.130 e. The molecule has 0 amide bonds. The molecule has 1 unspecified atom stereocenters. The minimum absolute atomic E-state index is 0.668. The van der Waals surface area contributed by atoms with E-state index in [2.05, 4.69) is 34.5 Å². The fourth-order valence-corrected chi connectivity index (χ4v) is 3.17. The zero-order chi connectivity index (χ0) is 14.7. The van der Waals surface area contributed by atoms with E-state index in [4.69, 9.17) is 9.72 Å². The third-order valence-electron chi connectivity index (χ3n) is 4.21. The van der Waals surface area contributed by atoms with Crippen molar-refractivity contribution in [2.24, 2.45) is 5.92 Å². The molecule has 2 heterocycles. The molecular formula is C17H23N3O. The molecule has 0 saturated carbocycles. The minimum Gasteiger partial charge on any atom is -0.384 e. The van der Waals surface area contributed by atoms with Crippen LogP contribution in [-0.4, -0.2) is 43.7 Å². The second-order valence-corrected chi connectivity index (χ2v) is 5.78. The summed E-state index contributed by atoms with van der Waals surface area (Å²) in [6.45, 7) is 4.08. The van der Waals surface area contributed by atoms with Crippen molar-refractivity contribution in [1.82, 2.24) is 9.88 Å². The van der Waals surface area contributed by atoms with Crippen molar-refractivity contribution < 1.29 is 4.74 Å². The molecule has 1 saturated heterocycles. The molecule has 0 spiro atoms. The molecule has 1 aromatic heterocycles. The third kappa shape index (κ3) is 3.17. The van der Waals surface area contributed by atoms with E-state index in [0.717, 1.165) is 37.6 Å². The van der Waals surface area contributed by atoms with E-state index in [1.807, 2.05) is 13.1 Å². The molecule has 1 N–H and O–H groups in total. The van der Waals surface area contributed by atoms with E-state index in [1.54, 1.807) is 7.11 Å². The Morgan fingerprint density at radius 1 is 1.38 bits per heavy atom. The van der Waals surface area contributed by atoms with E-state index in [9.17, 15) is 0 Å². The van der Waals surface area contributed by atoms with Crippen molar-refractivity contribution in [3.05, 3.63) is 35.9 Å². The number of pyridine rings is 1. The average Bonchev–Trinajstić information content (AvgIpc) is 2.94. The number of fused-ring (bicyclic) bond motifs is 1. The molecule has 21 heavy (non-hydrogen) atoms. The SMILES string of the molecule is CNc1nc2ccccc2cc1CN1CCC(COC)C1. The Morgan fingerprint density at radius 3 is 3.05 bits per heavy atom. The first-order chi connectivity index (χ1) is 10.3. The predicted molar refractivity (Wildman–Crippen MR) is 86.5 cm³/mol. The monoisotopic (exact) mass is 285 g/mol. The standard InChI is InChI=1S/C17H23N3O/c1-18-17-15(9-14-5-3-4-6-16(14)19-17)11-20-8-7-13(10-20)12-21-2/h3-6,9,13H,7-8,10-12H2,1-2H3,(H,18,19). The summed E-state index contributed by atoms with van der Waals surface area (Å²) in [7, 11) is 3.73. The predicted octanol–water partition coefficient (Wildman–Crippen LogP) is 2.74. The van der Waals surface area contributed by atoms with Crippen LogP contribution < -0.4 is 5.32 Å². The lowest BCUT2D eigenvalue weighted by molar-refractivity contribution is 0.152. The summed E-state index contributed by atoms with van der Waals surface area (Å²) in [6.07, 6.45) is 1.23. The second-order valence-electron chi connectivity index (χ2n) is 5.78. The fourth-order valence-electron chi connectivity index (χ4n) is 3.17. The van der Waals surface area contributed by atoms with Gasteiger partial charge in [0, 0.05) is 38.2 Å². The number of methoxy groups -OCH3 is 1. The summed E-state index contributed by atoms with van der Waals surface area (Å²) < 4.78 is 5.28. The van der Waals surface area contributed by atoms with Gasteiger partial charge in [0.25, 0.3) is 0 Å². The van der Waals surface area contributed by atoms with Gasteiger partial charge in [-0.3, -0.25) is 4.90 Å². The highest BCUT2D eigenvalue weighted by atomic mass is 16.5. The number of benzene rings is 1. The van der Waals surface area contributed by atoms with Crippen LogP contribution in [0, 0.1) is 5.92 Å². The van der Waals surface area contributed by atoms with Crippen LogP contribution in [0.2, 0.25) is 0 Å². The number of hydrogen-bond donors (Lipinski definition) is 1. The van der Waals surface area contributed by atoms with Gasteiger partial charge in [-0.25, -0.2) is 4.98 Å². The van der Waals surface area contributed by atoms with E-state index in [0.29, 0.717) is 5.92 Å². The Morgan fingerprint density at radius 2 is 2.24 bits per heavy atom. The van der Waals surface area contributed by atoms with Crippen molar-refractivity contribution in [2.45, 2.75) is 13.0 Å². The van der Waals surface area contributed by atoms with Crippen LogP contribution in [0.25, 0.3) is 10.9 Å². The number of hydrogen-bond acceptors (Lipinski definition) is 4. The van der Waals surface area contributed by atoms with E-state index >= 15 is 0 Å². The third-order valence-corrected chi connectivity index (χ3v) is 4.21. The van der Waals surface area contributed by atoms with Crippen molar-refractivity contribution in [2.75, 3.05) is 39.2 Å². The van der Waals surface area contributed by atoms with E-state index in [-0.39, 0.29) is 0 Å². The number of para-hydroxylation sites is 1. The summed E-state index contributed by atoms with van der Waals surface area (Å²) in [6, 6.07) is 10.5. The van der Waals surface area contributed by atoms with Gasteiger partial charge in [0.15, 0.2) is 0 Å². The van der Waals surface area contributed by atoms with Gasteiger partial charge in [-0.1, -0.05) is 18.2 Å². The lowest BCUT2D eigenvalue weighted by Gasteiger charge is -2.18. The minimum atomic E-state index is 0.668. The van der Waals surface area contributed by atoms with Crippen LogP contribution >= 0.6 is 0 Å². The first-order valence-corrected chi connectivity index (χ1v) is 7.58. The summed E-state index contributed by atoms with van der Waals surface area (Å²) in [5, 5.41) is 4.44. The maximum absolute atomic E-state index is 5.28. The maximum atomic E-state index is 5.28. The summed E-state index contributed by atoms with van der Waals surface area (Å²) >= 11 is 0. The highest BCUT2D eigenvalue weighted by molar-refractivity contribution is 5.81. The molecule has 112 valence electrons. The van der Waals surface area contributed by atoms with Crippen LogP contribution in [0.3, 0.4) is 0 Å². The largest absolute Gasteiger partial charge is 0.384 e. The smallest absolute Gasteiger partial charge is 0.130 e. The van der Waals surface area contributed by atoms with Crippen LogP contribution in [0.1, 0.15) is 12.0 Å². The van der Waals surface area contributed by atoms with Gasteiger partial charge >= 0.3 is 0 Å². The lowest BCUT2D eigenvalue weighted by atomic mass is 10.1. The Bertz CT molecular complexity index is 614. The summed E-state index contributed by atoms with van der Waals surface area (Å²) in [4.78, 5) is 7.22. The molecule has 0 bridgehead atoms. The number of rotatable bonds is 5. The van der Waals surface area contributed by atoms with Gasteiger partial charge in [0.1, 0.15) is 5.82 Å². The molecule has 0 radical (unpaired) electrons. The molecule has 2 aromatic rings. The molecule has 0 aliphatic carbocycles. The quantitative estimate of drug-likeness (QED) is 0.916. The van der Waals surface area contributed by atoms with Gasteiger partial charge in [-0.2, -0.15) is 0 Å². The molecule has 1 aromatic carbocycles. The average molecular weight is 285 g/mol. The second kappa shape index (κ2) is 6.41.